The predicted molar refractivity (Wildman–Crippen MR) is 107 cm³/mol. The molecule has 0 aliphatic carbocycles. The Kier molecular flexibility index (Phi) is 6.36. The van der Waals surface area contributed by atoms with Crippen molar-refractivity contribution in [1.82, 2.24) is 5.32 Å². The summed E-state index contributed by atoms with van der Waals surface area (Å²) in [5.74, 6) is -1.54. The van der Waals surface area contributed by atoms with Gasteiger partial charge in [-0.3, -0.25) is 9.59 Å². The highest BCUT2D eigenvalue weighted by Crippen LogP contribution is 2.30. The van der Waals surface area contributed by atoms with Gasteiger partial charge in [-0.1, -0.05) is 32.0 Å². The third kappa shape index (κ3) is 4.67. The molecule has 1 N–H and O–H groups in total. The number of hydrogen-bond donors (Lipinski definition) is 1. The Bertz CT molecular complexity index is 875. The highest BCUT2D eigenvalue weighted by atomic mass is 16.5. The summed E-state index contributed by atoms with van der Waals surface area (Å²) in [6, 6.07) is 10.00. The third-order valence-electron chi connectivity index (χ3n) is 5.08. The molecule has 2 unspecified atom stereocenters. The molecule has 0 radical (unpaired) electrons. The normalized spacial score (nSPS) is 16.8. The Morgan fingerprint density at radius 3 is 2.66 bits per heavy atom. The number of carbonyl (C=O) groups excluding carboxylic acids is 3. The zero-order valence-corrected chi connectivity index (χ0v) is 16.9. The zero-order valence-electron chi connectivity index (χ0n) is 16.9. The van der Waals surface area contributed by atoms with Crippen LogP contribution in [0.5, 0.6) is 0 Å². The van der Waals surface area contributed by atoms with E-state index < -0.39 is 17.9 Å². The first-order valence-electron chi connectivity index (χ1n) is 9.79. The summed E-state index contributed by atoms with van der Waals surface area (Å²) in [7, 11) is 0. The van der Waals surface area contributed by atoms with Crippen LogP contribution in [-0.4, -0.2) is 36.5 Å². The van der Waals surface area contributed by atoms with Crippen LogP contribution in [0.2, 0.25) is 0 Å². The van der Waals surface area contributed by atoms with Crippen molar-refractivity contribution >= 4 is 23.5 Å². The van der Waals surface area contributed by atoms with Crippen LogP contribution in [0.25, 0.3) is 0 Å². The lowest BCUT2D eigenvalue weighted by molar-refractivity contribution is -0.150. The lowest BCUT2D eigenvalue weighted by Crippen LogP contribution is -2.48. The summed E-state index contributed by atoms with van der Waals surface area (Å²) in [4.78, 5) is 39.3. The molecule has 154 valence electrons. The predicted octanol–water partition coefficient (Wildman–Crippen LogP) is 2.95. The molecule has 0 spiro atoms. The molecule has 0 bridgehead atoms. The Morgan fingerprint density at radius 2 is 1.97 bits per heavy atom. The molecule has 7 heteroatoms. The smallest absolute Gasteiger partial charge is 0.329 e. The third-order valence-corrected chi connectivity index (χ3v) is 5.08. The second-order valence-corrected chi connectivity index (χ2v) is 7.56. The number of hydrogen-bond acceptors (Lipinski definition) is 5. The second kappa shape index (κ2) is 8.94. The summed E-state index contributed by atoms with van der Waals surface area (Å²) >= 11 is 0. The van der Waals surface area contributed by atoms with Crippen molar-refractivity contribution in [2.75, 3.05) is 11.5 Å². The van der Waals surface area contributed by atoms with Crippen LogP contribution >= 0.6 is 0 Å². The number of furan rings is 1. The Labute approximate surface area is 170 Å². The monoisotopic (exact) mass is 398 g/mol. The van der Waals surface area contributed by atoms with Crippen LogP contribution in [-0.2, 0) is 20.7 Å². The molecule has 0 fully saturated rings. The first-order chi connectivity index (χ1) is 13.9. The Balaban J connectivity index is 1.64. The quantitative estimate of drug-likeness (QED) is 0.756. The van der Waals surface area contributed by atoms with E-state index in [2.05, 4.69) is 5.32 Å². The van der Waals surface area contributed by atoms with E-state index in [9.17, 15) is 14.4 Å². The van der Waals surface area contributed by atoms with Gasteiger partial charge in [-0.05, 0) is 49.4 Å². The van der Waals surface area contributed by atoms with Crippen LogP contribution in [0.15, 0.2) is 47.1 Å². The number of carbonyl (C=O) groups is 3. The molecule has 2 amide bonds. The number of amides is 2. The van der Waals surface area contributed by atoms with Crippen LogP contribution in [0.4, 0.5) is 5.69 Å². The summed E-state index contributed by atoms with van der Waals surface area (Å²) in [6.07, 6.45) is 3.15. The highest BCUT2D eigenvalue weighted by Gasteiger charge is 2.31. The molecule has 0 saturated heterocycles. The Morgan fingerprint density at radius 1 is 1.21 bits per heavy atom. The number of nitrogens with zero attached hydrogens (tertiary/aromatic N) is 1. The van der Waals surface area contributed by atoms with Crippen molar-refractivity contribution in [3.05, 3.63) is 54.0 Å². The van der Waals surface area contributed by atoms with E-state index >= 15 is 0 Å². The maximum absolute atomic E-state index is 12.8. The van der Waals surface area contributed by atoms with Gasteiger partial charge in [0.2, 0.25) is 0 Å². The van der Waals surface area contributed by atoms with E-state index in [4.69, 9.17) is 9.15 Å². The van der Waals surface area contributed by atoms with Gasteiger partial charge in [0.05, 0.1) is 6.26 Å². The van der Waals surface area contributed by atoms with Crippen LogP contribution < -0.4 is 10.2 Å². The second-order valence-electron chi connectivity index (χ2n) is 7.56. The molecule has 1 aliphatic heterocycles. The highest BCUT2D eigenvalue weighted by molar-refractivity contribution is 5.98. The number of anilines is 1. The number of ether oxygens (including phenoxy) is 1. The molecular formula is C22H26N2O5. The van der Waals surface area contributed by atoms with Gasteiger partial charge in [-0.15, -0.1) is 0 Å². The number of rotatable bonds is 6. The molecule has 1 aromatic heterocycles. The minimum Gasteiger partial charge on any atom is -0.459 e. The van der Waals surface area contributed by atoms with Crippen molar-refractivity contribution in [2.45, 2.75) is 45.7 Å². The lowest BCUT2D eigenvalue weighted by Gasteiger charge is -2.35. The van der Waals surface area contributed by atoms with E-state index in [0.717, 1.165) is 24.1 Å². The van der Waals surface area contributed by atoms with E-state index in [0.29, 0.717) is 0 Å². The molecule has 0 saturated carbocycles. The molecule has 1 aliphatic rings. The summed E-state index contributed by atoms with van der Waals surface area (Å²) in [6.45, 7) is 5.19. The van der Waals surface area contributed by atoms with Crippen molar-refractivity contribution in [1.29, 1.82) is 0 Å². The molecule has 29 heavy (non-hydrogen) atoms. The molecule has 2 heterocycles. The van der Waals surface area contributed by atoms with E-state index in [1.807, 2.05) is 31.2 Å². The maximum Gasteiger partial charge on any atom is 0.329 e. The molecule has 7 nitrogen and oxygen atoms in total. The van der Waals surface area contributed by atoms with Gasteiger partial charge in [-0.2, -0.15) is 0 Å². The van der Waals surface area contributed by atoms with Gasteiger partial charge >= 0.3 is 5.97 Å². The molecular weight excluding hydrogens is 372 g/mol. The van der Waals surface area contributed by atoms with Crippen molar-refractivity contribution in [3.8, 4) is 0 Å². The van der Waals surface area contributed by atoms with Crippen LogP contribution in [0.1, 0.15) is 43.3 Å². The number of para-hydroxylation sites is 1. The zero-order chi connectivity index (χ0) is 21.0. The minimum absolute atomic E-state index is 0.0238. The fourth-order valence-electron chi connectivity index (χ4n) is 3.48. The van der Waals surface area contributed by atoms with Crippen molar-refractivity contribution in [2.24, 2.45) is 5.92 Å². The van der Waals surface area contributed by atoms with Crippen LogP contribution in [0, 0.1) is 5.92 Å². The standard InChI is InChI=1S/C22H26N2O5/c1-14(2)20(23-21(26)18-9-6-12-28-18)22(27)29-13-19(25)24-15(3)10-11-16-7-4-5-8-17(16)24/h4-9,12,14-15,20H,10-11,13H2,1-3H3,(H,23,26). The van der Waals surface area contributed by atoms with E-state index in [-0.39, 0.29) is 30.2 Å². The molecule has 2 aromatic rings. The van der Waals surface area contributed by atoms with Gasteiger partial charge in [0.1, 0.15) is 6.04 Å². The fourth-order valence-corrected chi connectivity index (χ4v) is 3.48. The fraction of sp³-hybridized carbons (Fsp3) is 0.409. The number of nitrogens with one attached hydrogen (secondary N) is 1. The lowest BCUT2D eigenvalue weighted by atomic mass is 9.96. The van der Waals surface area contributed by atoms with Gasteiger partial charge in [-0.25, -0.2) is 4.79 Å². The minimum atomic E-state index is -0.883. The maximum atomic E-state index is 12.8. The molecule has 2 atom stereocenters. The SMILES string of the molecule is CC(C)C(NC(=O)c1ccco1)C(=O)OCC(=O)N1c2ccccc2CCC1C. The summed E-state index contributed by atoms with van der Waals surface area (Å²) in [5.41, 5.74) is 1.97. The van der Waals surface area contributed by atoms with E-state index in [1.165, 1.54) is 12.3 Å². The first kappa shape index (κ1) is 20.6. The first-order valence-corrected chi connectivity index (χ1v) is 9.79. The van der Waals surface area contributed by atoms with Gasteiger partial charge in [0.15, 0.2) is 12.4 Å². The largest absolute Gasteiger partial charge is 0.459 e. The summed E-state index contributed by atoms with van der Waals surface area (Å²) in [5, 5.41) is 2.61. The number of fused-ring (bicyclic) bond motifs is 1. The van der Waals surface area contributed by atoms with Crippen LogP contribution in [0.3, 0.4) is 0 Å². The van der Waals surface area contributed by atoms with Gasteiger partial charge in [0, 0.05) is 11.7 Å². The average Bonchev–Trinajstić information content (AvgIpc) is 3.24. The number of aryl methyl sites for hydroxylation is 1. The van der Waals surface area contributed by atoms with Gasteiger partial charge in [0.25, 0.3) is 11.8 Å². The number of benzene rings is 1. The van der Waals surface area contributed by atoms with E-state index in [1.54, 1.807) is 24.8 Å². The number of esters is 1. The Hall–Kier alpha value is -3.09. The topological polar surface area (TPSA) is 88.9 Å². The van der Waals surface area contributed by atoms with Crippen molar-refractivity contribution in [3.63, 3.8) is 0 Å². The van der Waals surface area contributed by atoms with Gasteiger partial charge < -0.3 is 19.4 Å². The molecule has 1 aromatic carbocycles. The molecule has 3 rings (SSSR count). The van der Waals surface area contributed by atoms with Crippen molar-refractivity contribution < 1.29 is 23.5 Å². The summed E-state index contributed by atoms with van der Waals surface area (Å²) < 4.78 is 10.3. The average molecular weight is 398 g/mol.